The lowest BCUT2D eigenvalue weighted by molar-refractivity contribution is -0.385. The smallest absolute Gasteiger partial charge is 0.337 e. The summed E-state index contributed by atoms with van der Waals surface area (Å²) in [5.41, 5.74) is 0.613. The first kappa shape index (κ1) is 19.7. The number of carbonyl (C=O) groups is 1. The van der Waals surface area contributed by atoms with E-state index in [1.54, 1.807) is 13.0 Å². The molecule has 0 saturated heterocycles. The summed E-state index contributed by atoms with van der Waals surface area (Å²) in [7, 11) is -2.96. The predicted molar refractivity (Wildman–Crippen MR) is 96.2 cm³/mol. The van der Waals surface area contributed by atoms with Crippen molar-refractivity contribution in [1.82, 2.24) is 0 Å². The van der Waals surface area contributed by atoms with Crippen LogP contribution < -0.4 is 4.72 Å². The highest BCUT2D eigenvalue weighted by atomic mass is 35.5. The molecule has 26 heavy (non-hydrogen) atoms. The highest BCUT2D eigenvalue weighted by Crippen LogP contribution is 2.31. The molecular formula is C16H15ClN2O6S. The van der Waals surface area contributed by atoms with E-state index in [9.17, 15) is 23.3 Å². The number of sulfonamides is 1. The number of rotatable bonds is 5. The molecule has 0 spiro atoms. The monoisotopic (exact) mass is 398 g/mol. The van der Waals surface area contributed by atoms with E-state index in [2.05, 4.69) is 9.46 Å². The van der Waals surface area contributed by atoms with Gasteiger partial charge in [-0.3, -0.25) is 14.8 Å². The third kappa shape index (κ3) is 3.94. The molecule has 8 nitrogen and oxygen atoms in total. The summed E-state index contributed by atoms with van der Waals surface area (Å²) in [6.45, 7) is 3.07. The van der Waals surface area contributed by atoms with E-state index in [-0.39, 0.29) is 26.7 Å². The number of nitro groups is 1. The minimum Gasteiger partial charge on any atom is -0.465 e. The fraction of sp³-hybridized carbons (Fsp3) is 0.188. The van der Waals surface area contributed by atoms with Crippen LogP contribution in [0, 0.1) is 24.0 Å². The normalized spacial score (nSPS) is 11.1. The Kier molecular flexibility index (Phi) is 5.53. The summed E-state index contributed by atoms with van der Waals surface area (Å²) >= 11 is 5.93. The Morgan fingerprint density at radius 2 is 1.88 bits per heavy atom. The maximum Gasteiger partial charge on any atom is 0.337 e. The number of carbonyl (C=O) groups excluding carboxylic acids is 1. The zero-order chi connectivity index (χ0) is 19.6. The van der Waals surface area contributed by atoms with Crippen LogP contribution in [-0.4, -0.2) is 26.4 Å². The first-order chi connectivity index (χ1) is 12.1. The lowest BCUT2D eigenvalue weighted by atomic mass is 10.1. The fourth-order valence-electron chi connectivity index (χ4n) is 2.17. The van der Waals surface area contributed by atoms with Crippen LogP contribution in [0.5, 0.6) is 0 Å². The number of nitrogens with one attached hydrogen (secondary N) is 1. The van der Waals surface area contributed by atoms with Gasteiger partial charge in [0.2, 0.25) is 0 Å². The first-order valence-electron chi connectivity index (χ1n) is 7.23. The van der Waals surface area contributed by atoms with Gasteiger partial charge in [0.1, 0.15) is 0 Å². The van der Waals surface area contributed by atoms with Gasteiger partial charge in [0.15, 0.2) is 0 Å². The molecule has 2 rings (SSSR count). The number of hydrogen-bond acceptors (Lipinski definition) is 6. The molecule has 0 aliphatic rings. The number of benzene rings is 2. The third-order valence-corrected chi connectivity index (χ3v) is 5.44. The Labute approximate surface area is 154 Å². The van der Waals surface area contributed by atoms with Gasteiger partial charge in [0, 0.05) is 11.6 Å². The third-order valence-electron chi connectivity index (χ3n) is 3.70. The largest absolute Gasteiger partial charge is 0.465 e. The molecule has 0 heterocycles. The summed E-state index contributed by atoms with van der Waals surface area (Å²) < 4.78 is 32.2. The van der Waals surface area contributed by atoms with Crippen LogP contribution in [0.3, 0.4) is 0 Å². The molecule has 0 fully saturated rings. The minimum absolute atomic E-state index is 0.0420. The van der Waals surface area contributed by atoms with Gasteiger partial charge in [-0.1, -0.05) is 17.7 Å². The second kappa shape index (κ2) is 7.30. The second-order valence-corrected chi connectivity index (χ2v) is 7.52. The van der Waals surface area contributed by atoms with E-state index >= 15 is 0 Å². The number of nitrogens with zero attached hydrogens (tertiary/aromatic N) is 1. The molecule has 0 atom stereocenters. The van der Waals surface area contributed by atoms with E-state index in [1.165, 1.54) is 26.2 Å². The number of methoxy groups -OCH3 is 1. The lowest BCUT2D eigenvalue weighted by Gasteiger charge is -2.12. The van der Waals surface area contributed by atoms with Gasteiger partial charge in [-0.2, -0.15) is 0 Å². The second-order valence-electron chi connectivity index (χ2n) is 5.43. The number of anilines is 1. The first-order valence-corrected chi connectivity index (χ1v) is 9.09. The molecule has 138 valence electrons. The number of nitro benzene ring substituents is 1. The molecule has 0 aromatic heterocycles. The van der Waals surface area contributed by atoms with Crippen LogP contribution in [0.25, 0.3) is 0 Å². The van der Waals surface area contributed by atoms with Crippen LogP contribution in [0.1, 0.15) is 21.5 Å². The Bertz CT molecular complexity index is 1000. The van der Waals surface area contributed by atoms with Gasteiger partial charge in [0.05, 0.1) is 33.2 Å². The summed E-state index contributed by atoms with van der Waals surface area (Å²) in [5, 5.41) is 11.1. The van der Waals surface area contributed by atoms with Crippen molar-refractivity contribution in [1.29, 1.82) is 0 Å². The van der Waals surface area contributed by atoms with Crippen molar-refractivity contribution >= 4 is 39.0 Å². The van der Waals surface area contributed by atoms with Crippen LogP contribution >= 0.6 is 11.6 Å². The molecule has 2 aromatic carbocycles. The zero-order valence-electron chi connectivity index (χ0n) is 14.1. The standard InChI is InChI=1S/C16H15ClN2O6S/c1-9-4-5-11(16(20)25-3)6-14(9)18-26(23,24)12-7-13(17)10(2)15(8-12)19(21)22/h4-8,18H,1-3H3. The van der Waals surface area contributed by atoms with E-state index in [1.807, 2.05) is 0 Å². The lowest BCUT2D eigenvalue weighted by Crippen LogP contribution is -2.15. The Hall–Kier alpha value is -2.65. The molecule has 10 heteroatoms. The van der Waals surface area contributed by atoms with Crippen molar-refractivity contribution in [2.75, 3.05) is 11.8 Å². The summed E-state index contributed by atoms with van der Waals surface area (Å²) in [6, 6.07) is 6.43. The molecule has 0 saturated carbocycles. The SMILES string of the molecule is COC(=O)c1ccc(C)c(NS(=O)(=O)c2cc(Cl)c(C)c([N+](=O)[O-])c2)c1. The average Bonchev–Trinajstić information content (AvgIpc) is 2.57. The molecule has 0 aliphatic heterocycles. The number of halogens is 1. The van der Waals surface area contributed by atoms with Crippen molar-refractivity contribution in [3.63, 3.8) is 0 Å². The molecule has 0 aliphatic carbocycles. The Morgan fingerprint density at radius 1 is 1.23 bits per heavy atom. The van der Waals surface area contributed by atoms with E-state index < -0.39 is 26.6 Å². The van der Waals surface area contributed by atoms with Crippen molar-refractivity contribution in [2.24, 2.45) is 0 Å². The summed E-state index contributed by atoms with van der Waals surface area (Å²) in [5.74, 6) is -0.625. The van der Waals surface area contributed by atoms with Gasteiger partial charge in [0.25, 0.3) is 15.7 Å². The van der Waals surface area contributed by atoms with Gasteiger partial charge in [-0.15, -0.1) is 0 Å². The van der Waals surface area contributed by atoms with Crippen molar-refractivity contribution in [2.45, 2.75) is 18.7 Å². The number of esters is 1. The molecule has 1 N–H and O–H groups in total. The van der Waals surface area contributed by atoms with Gasteiger partial charge in [-0.25, -0.2) is 13.2 Å². The quantitative estimate of drug-likeness (QED) is 0.468. The summed E-state index contributed by atoms with van der Waals surface area (Å²) in [4.78, 5) is 21.7. The predicted octanol–water partition coefficient (Wildman–Crippen LogP) is 3.45. The number of ether oxygens (including phenoxy) is 1. The maximum atomic E-state index is 12.6. The highest BCUT2D eigenvalue weighted by Gasteiger charge is 2.23. The molecule has 0 unspecified atom stereocenters. The fourth-order valence-corrected chi connectivity index (χ4v) is 3.61. The van der Waals surface area contributed by atoms with Gasteiger partial charge >= 0.3 is 5.97 Å². The van der Waals surface area contributed by atoms with Crippen molar-refractivity contribution in [3.05, 3.63) is 62.2 Å². The maximum absolute atomic E-state index is 12.6. The van der Waals surface area contributed by atoms with E-state index in [0.717, 1.165) is 12.1 Å². The number of aryl methyl sites for hydroxylation is 1. The van der Waals surface area contributed by atoms with Crippen molar-refractivity contribution < 1.29 is 22.9 Å². The van der Waals surface area contributed by atoms with E-state index in [4.69, 9.17) is 11.6 Å². The van der Waals surface area contributed by atoms with Crippen molar-refractivity contribution in [3.8, 4) is 0 Å². The van der Waals surface area contributed by atoms with Crippen LogP contribution in [0.15, 0.2) is 35.2 Å². The highest BCUT2D eigenvalue weighted by molar-refractivity contribution is 7.92. The zero-order valence-corrected chi connectivity index (χ0v) is 15.6. The molecular weight excluding hydrogens is 384 g/mol. The Balaban J connectivity index is 2.50. The summed E-state index contributed by atoms with van der Waals surface area (Å²) in [6.07, 6.45) is 0. The Morgan fingerprint density at radius 3 is 2.46 bits per heavy atom. The van der Waals surface area contributed by atoms with Crippen LogP contribution in [0.4, 0.5) is 11.4 Å². The topological polar surface area (TPSA) is 116 Å². The van der Waals surface area contributed by atoms with Crippen LogP contribution in [0.2, 0.25) is 5.02 Å². The van der Waals surface area contributed by atoms with E-state index in [0.29, 0.717) is 5.56 Å². The van der Waals surface area contributed by atoms with Gasteiger partial charge in [-0.05, 0) is 37.6 Å². The van der Waals surface area contributed by atoms with Gasteiger partial charge < -0.3 is 4.74 Å². The molecule has 0 amide bonds. The minimum atomic E-state index is -4.17. The number of hydrogen-bond donors (Lipinski definition) is 1. The molecule has 0 radical (unpaired) electrons. The van der Waals surface area contributed by atoms with Crippen LogP contribution in [-0.2, 0) is 14.8 Å². The molecule has 0 bridgehead atoms. The molecule has 2 aromatic rings. The average molecular weight is 399 g/mol.